The number of aromatic carboxylic acids is 1. The number of carboxylic acid groups (broad SMARTS) is 1. The van der Waals surface area contributed by atoms with Gasteiger partial charge in [0.15, 0.2) is 0 Å². The molecule has 6 heteroatoms. The lowest BCUT2D eigenvalue weighted by Crippen LogP contribution is -2.26. The van der Waals surface area contributed by atoms with Crippen molar-refractivity contribution in [2.45, 2.75) is 13.0 Å². The second-order valence-electron chi connectivity index (χ2n) is 4.73. The lowest BCUT2D eigenvalue weighted by Gasteiger charge is -2.15. The standard InChI is InChI=1S/C16H13Cl2NO3/c1-9(10-5-3-2-4-6-10)19-15(20)11-7-12(17)14(16(21)22)13(18)8-11/h2-9H,1H3,(H,19,20)(H,21,22). The summed E-state index contributed by atoms with van der Waals surface area (Å²) in [7, 11) is 0. The second kappa shape index (κ2) is 6.81. The van der Waals surface area contributed by atoms with Crippen molar-refractivity contribution in [1.82, 2.24) is 5.32 Å². The third-order valence-corrected chi connectivity index (χ3v) is 3.76. The Kier molecular flexibility index (Phi) is 5.06. The van der Waals surface area contributed by atoms with Gasteiger partial charge >= 0.3 is 5.97 Å². The Morgan fingerprint density at radius 1 is 1.09 bits per heavy atom. The summed E-state index contributed by atoms with van der Waals surface area (Å²) in [6.45, 7) is 1.85. The fraction of sp³-hybridized carbons (Fsp3) is 0.125. The number of carboxylic acids is 1. The Morgan fingerprint density at radius 2 is 1.64 bits per heavy atom. The van der Waals surface area contributed by atoms with Crippen LogP contribution in [0.2, 0.25) is 10.0 Å². The SMILES string of the molecule is CC(NC(=O)c1cc(Cl)c(C(=O)O)c(Cl)c1)c1ccccc1. The first kappa shape index (κ1) is 16.3. The predicted octanol–water partition coefficient (Wildman–Crippen LogP) is 4.18. The molecule has 0 aromatic heterocycles. The van der Waals surface area contributed by atoms with Gasteiger partial charge in [-0.25, -0.2) is 4.79 Å². The van der Waals surface area contributed by atoms with Gasteiger partial charge in [-0.3, -0.25) is 4.79 Å². The summed E-state index contributed by atoms with van der Waals surface area (Å²) in [6.07, 6.45) is 0. The molecule has 0 aliphatic heterocycles. The highest BCUT2D eigenvalue weighted by atomic mass is 35.5. The van der Waals surface area contributed by atoms with Crippen LogP contribution >= 0.6 is 23.2 Å². The lowest BCUT2D eigenvalue weighted by molar-refractivity contribution is 0.0696. The Hall–Kier alpha value is -2.04. The zero-order valence-electron chi connectivity index (χ0n) is 11.6. The first-order valence-corrected chi connectivity index (χ1v) is 7.24. The average molecular weight is 338 g/mol. The van der Waals surface area contributed by atoms with E-state index in [9.17, 15) is 9.59 Å². The van der Waals surface area contributed by atoms with E-state index >= 15 is 0 Å². The molecule has 114 valence electrons. The van der Waals surface area contributed by atoms with Crippen LogP contribution in [0.25, 0.3) is 0 Å². The summed E-state index contributed by atoms with van der Waals surface area (Å²) in [6, 6.07) is 11.8. The number of amides is 1. The van der Waals surface area contributed by atoms with Gasteiger partial charge in [0.05, 0.1) is 21.7 Å². The molecule has 0 radical (unpaired) electrons. The molecule has 0 spiro atoms. The number of hydrogen-bond acceptors (Lipinski definition) is 2. The van der Waals surface area contributed by atoms with E-state index in [0.29, 0.717) is 0 Å². The molecule has 0 saturated heterocycles. The maximum Gasteiger partial charge on any atom is 0.338 e. The van der Waals surface area contributed by atoms with E-state index in [2.05, 4.69) is 5.32 Å². The van der Waals surface area contributed by atoms with Crippen LogP contribution in [0.3, 0.4) is 0 Å². The van der Waals surface area contributed by atoms with Gasteiger partial charge in [-0.05, 0) is 24.6 Å². The van der Waals surface area contributed by atoms with Crippen LogP contribution in [0.4, 0.5) is 0 Å². The van der Waals surface area contributed by atoms with E-state index in [1.54, 1.807) is 0 Å². The Balaban J connectivity index is 2.22. The van der Waals surface area contributed by atoms with Gasteiger partial charge in [-0.2, -0.15) is 0 Å². The molecule has 0 aliphatic rings. The molecule has 0 aliphatic carbocycles. The van der Waals surface area contributed by atoms with E-state index in [1.807, 2.05) is 37.3 Å². The van der Waals surface area contributed by atoms with Crippen molar-refractivity contribution in [3.8, 4) is 0 Å². The number of hydrogen-bond donors (Lipinski definition) is 2. The Labute approximate surface area is 137 Å². The minimum absolute atomic E-state index is 0.0717. The molecule has 0 saturated carbocycles. The number of carbonyl (C=O) groups excluding carboxylic acids is 1. The largest absolute Gasteiger partial charge is 0.478 e. The van der Waals surface area contributed by atoms with Gasteiger partial charge in [-0.15, -0.1) is 0 Å². The van der Waals surface area contributed by atoms with Crippen LogP contribution in [0.1, 0.15) is 39.2 Å². The maximum absolute atomic E-state index is 12.2. The summed E-state index contributed by atoms with van der Waals surface area (Å²) < 4.78 is 0. The average Bonchev–Trinajstić information content (AvgIpc) is 2.46. The summed E-state index contributed by atoms with van der Waals surface area (Å²) >= 11 is 11.8. The highest BCUT2D eigenvalue weighted by molar-refractivity contribution is 6.39. The minimum atomic E-state index is -1.24. The maximum atomic E-state index is 12.2. The fourth-order valence-electron chi connectivity index (χ4n) is 2.01. The Morgan fingerprint density at radius 3 is 2.14 bits per heavy atom. The molecule has 1 atom stereocenters. The van der Waals surface area contributed by atoms with Crippen LogP contribution in [0, 0.1) is 0 Å². The zero-order chi connectivity index (χ0) is 16.3. The highest BCUT2D eigenvalue weighted by Crippen LogP contribution is 2.27. The fourth-order valence-corrected chi connectivity index (χ4v) is 2.66. The van der Waals surface area contributed by atoms with E-state index in [4.69, 9.17) is 28.3 Å². The third-order valence-electron chi connectivity index (χ3n) is 3.17. The van der Waals surface area contributed by atoms with E-state index in [1.165, 1.54) is 12.1 Å². The van der Waals surface area contributed by atoms with Gasteiger partial charge in [0, 0.05) is 5.56 Å². The first-order valence-electron chi connectivity index (χ1n) is 6.48. The van der Waals surface area contributed by atoms with Gasteiger partial charge < -0.3 is 10.4 Å². The van der Waals surface area contributed by atoms with Crippen molar-refractivity contribution >= 4 is 35.1 Å². The molecule has 2 N–H and O–H groups in total. The van der Waals surface area contributed by atoms with Crippen molar-refractivity contribution < 1.29 is 14.7 Å². The van der Waals surface area contributed by atoms with Crippen molar-refractivity contribution in [3.05, 3.63) is 69.2 Å². The lowest BCUT2D eigenvalue weighted by atomic mass is 10.1. The number of halogens is 2. The van der Waals surface area contributed by atoms with E-state index < -0.39 is 5.97 Å². The first-order chi connectivity index (χ1) is 10.4. The zero-order valence-corrected chi connectivity index (χ0v) is 13.2. The molecule has 2 aromatic carbocycles. The van der Waals surface area contributed by atoms with Crippen molar-refractivity contribution in [1.29, 1.82) is 0 Å². The number of carbonyl (C=O) groups is 2. The molecule has 2 rings (SSSR count). The molecular formula is C16H13Cl2NO3. The number of benzene rings is 2. The van der Waals surface area contributed by atoms with Crippen molar-refractivity contribution in [2.75, 3.05) is 0 Å². The molecule has 4 nitrogen and oxygen atoms in total. The van der Waals surface area contributed by atoms with Crippen molar-refractivity contribution in [3.63, 3.8) is 0 Å². The molecule has 0 bridgehead atoms. The van der Waals surface area contributed by atoms with Gasteiger partial charge in [0.2, 0.25) is 0 Å². The normalized spacial score (nSPS) is 11.8. The summed E-state index contributed by atoms with van der Waals surface area (Å²) in [5.41, 5.74) is 0.953. The van der Waals surface area contributed by atoms with Gasteiger partial charge in [0.1, 0.15) is 0 Å². The predicted molar refractivity (Wildman–Crippen MR) is 85.7 cm³/mol. The monoisotopic (exact) mass is 337 g/mol. The summed E-state index contributed by atoms with van der Waals surface area (Å²) in [5, 5.41) is 11.7. The van der Waals surface area contributed by atoms with Crippen LogP contribution < -0.4 is 5.32 Å². The molecule has 0 heterocycles. The van der Waals surface area contributed by atoms with Crippen LogP contribution in [0.15, 0.2) is 42.5 Å². The van der Waals surface area contributed by atoms with Crippen LogP contribution in [0.5, 0.6) is 0 Å². The van der Waals surface area contributed by atoms with E-state index in [0.717, 1.165) is 5.56 Å². The molecular weight excluding hydrogens is 325 g/mol. The number of nitrogens with one attached hydrogen (secondary N) is 1. The summed E-state index contributed by atoms with van der Waals surface area (Å²) in [4.78, 5) is 23.3. The number of rotatable bonds is 4. The van der Waals surface area contributed by atoms with Gasteiger partial charge in [0.25, 0.3) is 5.91 Å². The molecule has 0 fully saturated rings. The summed E-state index contributed by atoms with van der Waals surface area (Å²) in [5.74, 6) is -1.61. The Bertz CT molecular complexity index is 694. The molecule has 1 amide bonds. The highest BCUT2D eigenvalue weighted by Gasteiger charge is 2.18. The topological polar surface area (TPSA) is 66.4 Å². The molecule has 1 unspecified atom stereocenters. The van der Waals surface area contributed by atoms with Gasteiger partial charge in [-0.1, -0.05) is 53.5 Å². The molecule has 22 heavy (non-hydrogen) atoms. The van der Waals surface area contributed by atoms with Crippen molar-refractivity contribution in [2.24, 2.45) is 0 Å². The molecule has 2 aromatic rings. The minimum Gasteiger partial charge on any atom is -0.478 e. The second-order valence-corrected chi connectivity index (χ2v) is 5.54. The van der Waals surface area contributed by atoms with E-state index in [-0.39, 0.29) is 33.1 Å². The van der Waals surface area contributed by atoms with Crippen LogP contribution in [-0.2, 0) is 0 Å². The third kappa shape index (κ3) is 3.59. The quantitative estimate of drug-likeness (QED) is 0.879. The van der Waals surface area contributed by atoms with Crippen LogP contribution in [-0.4, -0.2) is 17.0 Å². The smallest absolute Gasteiger partial charge is 0.338 e.